The highest BCUT2D eigenvalue weighted by atomic mass is 32.2. The van der Waals surface area contributed by atoms with Crippen molar-refractivity contribution in [1.82, 2.24) is 5.16 Å². The van der Waals surface area contributed by atoms with Crippen molar-refractivity contribution in [2.45, 2.75) is 18.2 Å². The Hall–Kier alpha value is -2.19. The molecule has 2 heterocycles. The Morgan fingerprint density at radius 2 is 2.14 bits per heavy atom. The minimum atomic E-state index is -3.74. The van der Waals surface area contributed by atoms with E-state index >= 15 is 0 Å². The van der Waals surface area contributed by atoms with Gasteiger partial charge in [0, 0.05) is 18.3 Å². The van der Waals surface area contributed by atoms with Gasteiger partial charge < -0.3 is 9.42 Å². The van der Waals surface area contributed by atoms with E-state index in [0.717, 1.165) is 5.56 Å². The number of carbonyl (C=O) groups is 1. The molecule has 0 atom stereocenters. The summed E-state index contributed by atoms with van der Waals surface area (Å²) in [4.78, 5) is 13.9. The molecule has 0 radical (unpaired) electrons. The van der Waals surface area contributed by atoms with E-state index in [9.17, 15) is 13.2 Å². The molecular formula is C13H13N3O4S. The van der Waals surface area contributed by atoms with Crippen molar-refractivity contribution in [3.05, 3.63) is 41.3 Å². The lowest BCUT2D eigenvalue weighted by molar-refractivity contribution is 0.0954. The molecule has 3 rings (SSSR count). The number of carbonyl (C=O) groups excluding carboxylic acids is 1. The number of amides is 1. The lowest BCUT2D eigenvalue weighted by Crippen LogP contribution is -2.28. The lowest BCUT2D eigenvalue weighted by atomic mass is 10.2. The largest absolute Gasteiger partial charge is 0.351 e. The SMILES string of the molecule is Cc1cc(C(=O)N2CCc3cc(S(N)(=O)=O)ccc32)on1. The van der Waals surface area contributed by atoms with Gasteiger partial charge >= 0.3 is 0 Å². The maximum Gasteiger partial charge on any atom is 0.296 e. The highest BCUT2D eigenvalue weighted by Crippen LogP contribution is 2.31. The fraction of sp³-hybridized carbons (Fsp3) is 0.231. The van der Waals surface area contributed by atoms with Gasteiger partial charge in [-0.05, 0) is 37.1 Å². The molecule has 1 aliphatic heterocycles. The number of aryl methyl sites for hydroxylation is 1. The van der Waals surface area contributed by atoms with Crippen molar-refractivity contribution >= 4 is 21.6 Å². The second-order valence-electron chi connectivity index (χ2n) is 4.87. The highest BCUT2D eigenvalue weighted by Gasteiger charge is 2.28. The number of nitrogens with zero attached hydrogens (tertiary/aromatic N) is 2. The first-order valence-corrected chi connectivity index (χ1v) is 7.82. The van der Waals surface area contributed by atoms with Gasteiger partial charge in [-0.2, -0.15) is 0 Å². The third-order valence-corrected chi connectivity index (χ3v) is 4.27. The van der Waals surface area contributed by atoms with E-state index in [1.807, 2.05) is 0 Å². The highest BCUT2D eigenvalue weighted by molar-refractivity contribution is 7.89. The summed E-state index contributed by atoms with van der Waals surface area (Å²) < 4.78 is 27.7. The molecular weight excluding hydrogens is 294 g/mol. The van der Waals surface area contributed by atoms with Crippen LogP contribution in [0, 0.1) is 6.92 Å². The van der Waals surface area contributed by atoms with Gasteiger partial charge in [0.2, 0.25) is 15.8 Å². The van der Waals surface area contributed by atoms with E-state index in [4.69, 9.17) is 9.66 Å². The molecule has 1 aromatic carbocycles. The standard InChI is InChI=1S/C13H13N3O4S/c1-8-6-12(20-15-8)13(17)16-5-4-9-7-10(21(14,18)19)2-3-11(9)16/h2-3,6-7H,4-5H2,1H3,(H2,14,18,19). The predicted octanol–water partition coefficient (Wildman–Crippen LogP) is 0.833. The number of aromatic nitrogens is 1. The van der Waals surface area contributed by atoms with E-state index in [1.165, 1.54) is 12.1 Å². The van der Waals surface area contributed by atoms with E-state index < -0.39 is 10.0 Å². The van der Waals surface area contributed by atoms with Gasteiger partial charge in [-0.15, -0.1) is 0 Å². The minimum Gasteiger partial charge on any atom is -0.351 e. The average molecular weight is 307 g/mol. The number of rotatable bonds is 2. The van der Waals surface area contributed by atoms with Crippen LogP contribution in [0.1, 0.15) is 21.8 Å². The fourth-order valence-corrected chi connectivity index (χ4v) is 2.93. The van der Waals surface area contributed by atoms with Crippen LogP contribution in [0.5, 0.6) is 0 Å². The summed E-state index contributed by atoms with van der Waals surface area (Å²) in [6.07, 6.45) is 0.567. The van der Waals surface area contributed by atoms with Crippen LogP contribution in [0.2, 0.25) is 0 Å². The molecule has 1 aliphatic rings. The maximum atomic E-state index is 12.4. The van der Waals surface area contributed by atoms with Crippen LogP contribution in [-0.4, -0.2) is 26.0 Å². The van der Waals surface area contributed by atoms with Gasteiger partial charge in [-0.25, -0.2) is 13.6 Å². The molecule has 0 spiro atoms. The Morgan fingerprint density at radius 1 is 1.38 bits per heavy atom. The zero-order chi connectivity index (χ0) is 15.2. The van der Waals surface area contributed by atoms with Gasteiger partial charge in [0.1, 0.15) is 0 Å². The smallest absolute Gasteiger partial charge is 0.296 e. The third-order valence-electron chi connectivity index (χ3n) is 3.36. The summed E-state index contributed by atoms with van der Waals surface area (Å²) in [5.74, 6) is -0.131. The molecule has 1 aromatic heterocycles. The molecule has 110 valence electrons. The summed E-state index contributed by atoms with van der Waals surface area (Å²) in [5, 5.41) is 8.80. The monoisotopic (exact) mass is 307 g/mol. The number of nitrogens with two attached hydrogens (primary N) is 1. The van der Waals surface area contributed by atoms with Crippen LogP contribution in [0.25, 0.3) is 0 Å². The Kier molecular flexibility index (Phi) is 3.07. The van der Waals surface area contributed by atoms with Crippen LogP contribution in [-0.2, 0) is 16.4 Å². The Morgan fingerprint density at radius 3 is 2.76 bits per heavy atom. The molecule has 8 heteroatoms. The number of benzene rings is 1. The van der Waals surface area contributed by atoms with Crippen molar-refractivity contribution in [1.29, 1.82) is 0 Å². The summed E-state index contributed by atoms with van der Waals surface area (Å²) in [7, 11) is -3.74. The molecule has 7 nitrogen and oxygen atoms in total. The van der Waals surface area contributed by atoms with Gasteiger partial charge in [0.25, 0.3) is 5.91 Å². The summed E-state index contributed by atoms with van der Waals surface area (Å²) in [6, 6.07) is 6.05. The first-order chi connectivity index (χ1) is 9.86. The lowest BCUT2D eigenvalue weighted by Gasteiger charge is -2.15. The number of hydrogen-bond donors (Lipinski definition) is 1. The molecule has 2 N–H and O–H groups in total. The van der Waals surface area contributed by atoms with Crippen LogP contribution in [0.15, 0.2) is 33.7 Å². The van der Waals surface area contributed by atoms with Gasteiger partial charge in [0.15, 0.2) is 0 Å². The zero-order valence-electron chi connectivity index (χ0n) is 11.2. The number of fused-ring (bicyclic) bond motifs is 1. The second-order valence-corrected chi connectivity index (χ2v) is 6.44. The van der Waals surface area contributed by atoms with E-state index in [1.54, 1.807) is 24.0 Å². The van der Waals surface area contributed by atoms with Crippen LogP contribution >= 0.6 is 0 Å². The van der Waals surface area contributed by atoms with Crippen molar-refractivity contribution in [3.63, 3.8) is 0 Å². The van der Waals surface area contributed by atoms with E-state index in [0.29, 0.717) is 24.3 Å². The van der Waals surface area contributed by atoms with Gasteiger partial charge in [-0.1, -0.05) is 5.16 Å². The van der Waals surface area contributed by atoms with Gasteiger partial charge in [0.05, 0.1) is 10.6 Å². The quantitative estimate of drug-likeness (QED) is 0.884. The summed E-state index contributed by atoms with van der Waals surface area (Å²) in [5.41, 5.74) is 2.06. The molecule has 0 aliphatic carbocycles. The molecule has 2 aromatic rings. The molecule has 1 amide bonds. The minimum absolute atomic E-state index is 0.0473. The normalized spacial score (nSPS) is 14.3. The predicted molar refractivity (Wildman–Crippen MR) is 74.4 cm³/mol. The molecule has 0 unspecified atom stereocenters. The van der Waals surface area contributed by atoms with E-state index in [-0.39, 0.29) is 16.6 Å². The van der Waals surface area contributed by atoms with Crippen molar-refractivity contribution in [2.24, 2.45) is 5.14 Å². The maximum absolute atomic E-state index is 12.4. The van der Waals surface area contributed by atoms with Crippen molar-refractivity contribution in [2.75, 3.05) is 11.4 Å². The van der Waals surface area contributed by atoms with Crippen LogP contribution < -0.4 is 10.0 Å². The Bertz CT molecular complexity index is 826. The molecule has 0 saturated carbocycles. The van der Waals surface area contributed by atoms with Gasteiger partial charge in [-0.3, -0.25) is 4.79 Å². The molecule has 21 heavy (non-hydrogen) atoms. The summed E-state index contributed by atoms with van der Waals surface area (Å²) >= 11 is 0. The topological polar surface area (TPSA) is 106 Å². The molecule has 0 fully saturated rings. The zero-order valence-corrected chi connectivity index (χ0v) is 12.1. The van der Waals surface area contributed by atoms with Crippen molar-refractivity contribution < 1.29 is 17.7 Å². The average Bonchev–Trinajstić information content (AvgIpc) is 3.02. The molecule has 0 saturated heterocycles. The number of sulfonamides is 1. The third kappa shape index (κ3) is 2.43. The number of anilines is 1. The van der Waals surface area contributed by atoms with Crippen LogP contribution in [0.4, 0.5) is 5.69 Å². The fourth-order valence-electron chi connectivity index (χ4n) is 2.36. The number of primary sulfonamides is 1. The second kappa shape index (κ2) is 4.68. The summed E-state index contributed by atoms with van der Waals surface area (Å²) in [6.45, 7) is 2.19. The first-order valence-electron chi connectivity index (χ1n) is 6.27. The Balaban J connectivity index is 1.96. The van der Waals surface area contributed by atoms with Crippen molar-refractivity contribution in [3.8, 4) is 0 Å². The Labute approximate surface area is 121 Å². The first kappa shape index (κ1) is 13.8. The van der Waals surface area contributed by atoms with E-state index in [2.05, 4.69) is 5.16 Å². The number of hydrogen-bond acceptors (Lipinski definition) is 5. The molecule has 0 bridgehead atoms. The van der Waals surface area contributed by atoms with Crippen LogP contribution in [0.3, 0.4) is 0 Å².